The van der Waals surface area contributed by atoms with Crippen LogP contribution in [0.25, 0.3) is 0 Å². The van der Waals surface area contributed by atoms with E-state index >= 15 is 0 Å². The van der Waals surface area contributed by atoms with Gasteiger partial charge in [-0.15, -0.1) is 0 Å². The van der Waals surface area contributed by atoms with Crippen LogP contribution in [0.5, 0.6) is 0 Å². The van der Waals surface area contributed by atoms with Crippen LogP contribution in [-0.2, 0) is 0 Å². The molecular weight excluding hydrogens is 156 g/mol. The molecule has 1 unspecified atom stereocenters. The van der Waals surface area contributed by atoms with E-state index in [-0.39, 0.29) is 18.2 Å². The third-order valence-electron chi connectivity index (χ3n) is 1.83. The number of nitrogens with zero attached hydrogens (tertiary/aromatic N) is 2. The van der Waals surface area contributed by atoms with Crippen molar-refractivity contribution in [3.8, 4) is 0 Å². The highest BCUT2D eigenvalue weighted by Gasteiger charge is 2.06. The average molecular weight is 168 g/mol. The minimum Gasteiger partial charge on any atom is -0.394 e. The number of aromatic nitrogens is 2. The molecule has 0 saturated heterocycles. The van der Waals surface area contributed by atoms with Crippen molar-refractivity contribution in [1.82, 2.24) is 9.55 Å². The highest BCUT2D eigenvalue weighted by Crippen LogP contribution is 2.05. The average Bonchev–Trinajstić information content (AvgIpc) is 2.10. The third kappa shape index (κ3) is 1.71. The van der Waals surface area contributed by atoms with E-state index in [1.807, 2.05) is 6.92 Å². The number of hydrogen-bond acceptors (Lipinski definition) is 3. The predicted molar refractivity (Wildman–Crippen MR) is 44.9 cm³/mol. The molecule has 0 amide bonds. The standard InChI is InChI=1S/C8H12N2O2/c1-2-7(6-11)10-4-3-9-5-8(10)12/h3-5,7,11H,2,6H2,1H3. The first kappa shape index (κ1) is 8.93. The molecule has 0 aliphatic heterocycles. The van der Waals surface area contributed by atoms with Crippen LogP contribution in [0.3, 0.4) is 0 Å². The molecule has 1 rings (SSSR count). The minimum atomic E-state index is -0.168. The summed E-state index contributed by atoms with van der Waals surface area (Å²) in [5, 5.41) is 8.92. The molecule has 0 aliphatic carbocycles. The van der Waals surface area contributed by atoms with Crippen molar-refractivity contribution in [3.05, 3.63) is 28.9 Å². The molecule has 0 spiro atoms. The smallest absolute Gasteiger partial charge is 0.269 e. The summed E-state index contributed by atoms with van der Waals surface area (Å²) in [6.07, 6.45) is 5.12. The molecule has 66 valence electrons. The van der Waals surface area contributed by atoms with Crippen LogP contribution in [0.1, 0.15) is 19.4 Å². The summed E-state index contributed by atoms with van der Waals surface area (Å²) in [5.41, 5.74) is -0.168. The van der Waals surface area contributed by atoms with Crippen LogP contribution in [-0.4, -0.2) is 21.3 Å². The van der Waals surface area contributed by atoms with Crippen molar-refractivity contribution in [2.75, 3.05) is 6.61 Å². The zero-order valence-electron chi connectivity index (χ0n) is 6.97. The van der Waals surface area contributed by atoms with Gasteiger partial charge in [-0.05, 0) is 6.42 Å². The van der Waals surface area contributed by atoms with Gasteiger partial charge < -0.3 is 9.67 Å². The SMILES string of the molecule is CCC(CO)n1ccncc1=O. The normalized spacial score (nSPS) is 12.8. The summed E-state index contributed by atoms with van der Waals surface area (Å²) in [6.45, 7) is 1.91. The van der Waals surface area contributed by atoms with Gasteiger partial charge in [-0.25, -0.2) is 0 Å². The van der Waals surface area contributed by atoms with Crippen LogP contribution in [0.15, 0.2) is 23.4 Å². The Kier molecular flexibility index (Phi) is 2.99. The molecule has 4 nitrogen and oxygen atoms in total. The lowest BCUT2D eigenvalue weighted by atomic mass is 10.2. The Labute approximate surface area is 70.5 Å². The molecule has 1 N–H and O–H groups in total. The lowest BCUT2D eigenvalue weighted by Crippen LogP contribution is -2.25. The fraction of sp³-hybridized carbons (Fsp3) is 0.500. The van der Waals surface area contributed by atoms with E-state index in [4.69, 9.17) is 5.11 Å². The zero-order chi connectivity index (χ0) is 8.97. The third-order valence-corrected chi connectivity index (χ3v) is 1.83. The molecule has 4 heteroatoms. The summed E-state index contributed by atoms with van der Waals surface area (Å²) in [5.74, 6) is 0. The van der Waals surface area contributed by atoms with Gasteiger partial charge >= 0.3 is 0 Å². The summed E-state index contributed by atoms with van der Waals surface area (Å²) in [4.78, 5) is 14.8. The van der Waals surface area contributed by atoms with Gasteiger partial charge in [-0.1, -0.05) is 6.92 Å². The summed E-state index contributed by atoms with van der Waals surface area (Å²) in [7, 11) is 0. The van der Waals surface area contributed by atoms with E-state index in [1.54, 1.807) is 12.4 Å². The lowest BCUT2D eigenvalue weighted by Gasteiger charge is -2.13. The van der Waals surface area contributed by atoms with Crippen molar-refractivity contribution in [2.45, 2.75) is 19.4 Å². The van der Waals surface area contributed by atoms with Crippen molar-refractivity contribution >= 4 is 0 Å². The van der Waals surface area contributed by atoms with E-state index in [2.05, 4.69) is 4.98 Å². The van der Waals surface area contributed by atoms with Crippen molar-refractivity contribution in [2.24, 2.45) is 0 Å². The Balaban J connectivity index is 3.00. The molecule has 12 heavy (non-hydrogen) atoms. The van der Waals surface area contributed by atoms with Crippen molar-refractivity contribution < 1.29 is 5.11 Å². The Bertz CT molecular complexity index is 291. The summed E-state index contributed by atoms with van der Waals surface area (Å²) in [6, 6.07) is -0.125. The first-order chi connectivity index (χ1) is 5.79. The first-order valence-electron chi connectivity index (χ1n) is 3.92. The Morgan fingerprint density at radius 1 is 1.75 bits per heavy atom. The van der Waals surface area contributed by atoms with Crippen LogP contribution in [0.2, 0.25) is 0 Å². The van der Waals surface area contributed by atoms with E-state index in [0.717, 1.165) is 6.42 Å². The molecular formula is C8H12N2O2. The number of rotatable bonds is 3. The van der Waals surface area contributed by atoms with Gasteiger partial charge in [0.2, 0.25) is 0 Å². The van der Waals surface area contributed by atoms with Crippen LogP contribution in [0, 0.1) is 0 Å². The molecule has 0 bridgehead atoms. The van der Waals surface area contributed by atoms with E-state index in [1.165, 1.54) is 10.8 Å². The molecule has 0 fully saturated rings. The maximum absolute atomic E-state index is 11.2. The molecule has 1 aromatic rings. The molecule has 0 aliphatic rings. The van der Waals surface area contributed by atoms with Gasteiger partial charge in [0.25, 0.3) is 5.56 Å². The second kappa shape index (κ2) is 4.01. The Hall–Kier alpha value is -1.16. The lowest BCUT2D eigenvalue weighted by molar-refractivity contribution is 0.221. The zero-order valence-corrected chi connectivity index (χ0v) is 6.97. The number of aliphatic hydroxyl groups excluding tert-OH is 1. The molecule has 0 saturated carbocycles. The maximum atomic E-state index is 11.2. The fourth-order valence-corrected chi connectivity index (χ4v) is 1.07. The molecule has 0 aromatic carbocycles. The summed E-state index contributed by atoms with van der Waals surface area (Å²) < 4.78 is 1.49. The highest BCUT2D eigenvalue weighted by atomic mass is 16.3. The number of hydrogen-bond donors (Lipinski definition) is 1. The largest absolute Gasteiger partial charge is 0.394 e. The topological polar surface area (TPSA) is 55.1 Å². The summed E-state index contributed by atoms with van der Waals surface area (Å²) >= 11 is 0. The molecule has 1 atom stereocenters. The fourth-order valence-electron chi connectivity index (χ4n) is 1.07. The maximum Gasteiger partial charge on any atom is 0.269 e. The molecule has 1 aromatic heterocycles. The Morgan fingerprint density at radius 2 is 2.50 bits per heavy atom. The number of aliphatic hydroxyl groups is 1. The minimum absolute atomic E-state index is 0.0135. The van der Waals surface area contributed by atoms with Crippen molar-refractivity contribution in [1.29, 1.82) is 0 Å². The molecule has 0 radical (unpaired) electrons. The van der Waals surface area contributed by atoms with E-state index in [0.29, 0.717) is 0 Å². The van der Waals surface area contributed by atoms with Gasteiger partial charge in [0.05, 0.1) is 18.8 Å². The van der Waals surface area contributed by atoms with Gasteiger partial charge in [0, 0.05) is 12.4 Å². The monoisotopic (exact) mass is 168 g/mol. The van der Waals surface area contributed by atoms with Crippen molar-refractivity contribution in [3.63, 3.8) is 0 Å². The van der Waals surface area contributed by atoms with E-state index < -0.39 is 0 Å². The van der Waals surface area contributed by atoms with E-state index in [9.17, 15) is 4.79 Å². The second-order valence-electron chi connectivity index (χ2n) is 2.57. The van der Waals surface area contributed by atoms with Gasteiger partial charge in [0.15, 0.2) is 0 Å². The predicted octanol–water partition coefficient (Wildman–Crippen LogP) is 0.187. The van der Waals surface area contributed by atoms with Gasteiger partial charge in [-0.2, -0.15) is 0 Å². The second-order valence-corrected chi connectivity index (χ2v) is 2.57. The van der Waals surface area contributed by atoms with Crippen LogP contribution < -0.4 is 5.56 Å². The Morgan fingerprint density at radius 3 is 3.00 bits per heavy atom. The van der Waals surface area contributed by atoms with Crippen LogP contribution in [0.4, 0.5) is 0 Å². The highest BCUT2D eigenvalue weighted by molar-refractivity contribution is 4.84. The first-order valence-corrected chi connectivity index (χ1v) is 3.92. The van der Waals surface area contributed by atoms with Gasteiger partial charge in [0.1, 0.15) is 0 Å². The quantitative estimate of drug-likeness (QED) is 0.700. The molecule has 1 heterocycles. The van der Waals surface area contributed by atoms with Gasteiger partial charge in [-0.3, -0.25) is 9.78 Å². The van der Waals surface area contributed by atoms with Crippen LogP contribution >= 0.6 is 0 Å².